The van der Waals surface area contributed by atoms with Crippen molar-refractivity contribution < 1.29 is 45.7 Å². The molecule has 4 rings (SSSR count). The summed E-state index contributed by atoms with van der Waals surface area (Å²) in [5.74, 6) is -1.74. The Labute approximate surface area is 214 Å². The first-order valence-electron chi connectivity index (χ1n) is 11.9. The number of hydrogen-bond donors (Lipinski definition) is 1. The van der Waals surface area contributed by atoms with E-state index >= 15 is 0 Å². The zero-order valence-electron chi connectivity index (χ0n) is 20.6. The minimum absolute atomic E-state index is 0.00994. The van der Waals surface area contributed by atoms with Crippen LogP contribution in [0.2, 0.25) is 0 Å². The van der Waals surface area contributed by atoms with Crippen molar-refractivity contribution >= 4 is 17.0 Å². The van der Waals surface area contributed by atoms with Gasteiger partial charge in [0.1, 0.15) is 22.9 Å². The monoisotopic (exact) mass is 544 g/mol. The average molecular weight is 544 g/mol. The maximum atomic E-state index is 12.8. The molecule has 1 fully saturated rings. The Hall–Kier alpha value is -3.44. The lowest BCUT2D eigenvalue weighted by molar-refractivity contribution is -0.274. The van der Waals surface area contributed by atoms with Gasteiger partial charge in [0.05, 0.1) is 11.0 Å². The van der Waals surface area contributed by atoms with E-state index in [1.165, 1.54) is 36.4 Å². The van der Waals surface area contributed by atoms with E-state index in [4.69, 9.17) is 4.74 Å². The average Bonchev–Trinajstić information content (AvgIpc) is 3.12. The summed E-state index contributed by atoms with van der Waals surface area (Å²) in [6.07, 6.45) is -5.86. The quantitative estimate of drug-likeness (QED) is 0.316. The molecule has 0 spiro atoms. The topological polar surface area (TPSA) is 73.6 Å². The molecule has 2 aromatic carbocycles. The molecule has 1 aliphatic carbocycles. The predicted molar refractivity (Wildman–Crippen MR) is 125 cm³/mol. The fourth-order valence-corrected chi connectivity index (χ4v) is 5.02. The van der Waals surface area contributed by atoms with Crippen molar-refractivity contribution in [3.63, 3.8) is 0 Å². The Morgan fingerprint density at radius 3 is 2.39 bits per heavy atom. The summed E-state index contributed by atoms with van der Waals surface area (Å²) < 4.78 is 86.8. The van der Waals surface area contributed by atoms with Gasteiger partial charge in [-0.2, -0.15) is 13.2 Å². The molecule has 6 nitrogen and oxygen atoms in total. The number of ether oxygens (including phenoxy) is 2. The number of imidazole rings is 1. The number of rotatable bonds is 7. The lowest BCUT2D eigenvalue weighted by atomic mass is 9.75. The number of carbonyl (C=O) groups is 1. The third kappa shape index (κ3) is 6.70. The van der Waals surface area contributed by atoms with E-state index in [-0.39, 0.29) is 29.1 Å². The number of hydrogen-bond acceptors (Lipinski definition) is 4. The van der Waals surface area contributed by atoms with Crippen LogP contribution in [0.5, 0.6) is 11.5 Å². The van der Waals surface area contributed by atoms with Crippen LogP contribution in [0.15, 0.2) is 36.4 Å². The summed E-state index contributed by atoms with van der Waals surface area (Å²) in [5, 5.41) is 9.60. The Morgan fingerprint density at radius 2 is 1.82 bits per heavy atom. The van der Waals surface area contributed by atoms with E-state index in [1.807, 2.05) is 4.57 Å². The van der Waals surface area contributed by atoms with E-state index in [1.54, 1.807) is 0 Å². The molecule has 1 aliphatic rings. The van der Waals surface area contributed by atoms with Gasteiger partial charge >= 0.3 is 18.5 Å². The van der Waals surface area contributed by atoms with Gasteiger partial charge in [-0.15, -0.1) is 13.2 Å². The number of carboxylic acid groups (broad SMARTS) is 1. The van der Waals surface area contributed by atoms with E-state index in [0.29, 0.717) is 16.9 Å². The van der Waals surface area contributed by atoms with Crippen LogP contribution in [0, 0.1) is 5.41 Å². The van der Waals surface area contributed by atoms with E-state index in [2.05, 4.69) is 23.6 Å². The van der Waals surface area contributed by atoms with E-state index in [9.17, 15) is 36.2 Å². The number of carboxylic acids is 1. The minimum Gasteiger partial charge on any atom is -0.483 e. The SMILES string of the molecule is CC1(C)CCCC(n2c(Cc3ccc(OC(F)(F)F)cc3)nc3cc(C(=O)O)c(OCC(F)(F)F)cc32)C1. The molecule has 1 unspecified atom stereocenters. The van der Waals surface area contributed by atoms with Crippen LogP contribution in [-0.2, 0) is 6.42 Å². The molecule has 0 saturated heterocycles. The third-order valence-electron chi connectivity index (χ3n) is 6.55. The van der Waals surface area contributed by atoms with Crippen molar-refractivity contribution in [2.75, 3.05) is 6.61 Å². The molecule has 12 heteroatoms. The summed E-state index contributed by atoms with van der Waals surface area (Å²) in [6.45, 7) is 2.60. The fraction of sp³-hybridized carbons (Fsp3) is 0.462. The van der Waals surface area contributed by atoms with Gasteiger partial charge in [-0.3, -0.25) is 0 Å². The molecule has 0 aliphatic heterocycles. The molecule has 3 aromatic rings. The molecule has 0 bridgehead atoms. The predicted octanol–water partition coefficient (Wildman–Crippen LogP) is 7.31. The van der Waals surface area contributed by atoms with Crippen LogP contribution in [0.1, 0.15) is 67.3 Å². The van der Waals surface area contributed by atoms with Crippen molar-refractivity contribution in [1.29, 1.82) is 0 Å². The number of aromatic nitrogens is 2. The second-order valence-corrected chi connectivity index (χ2v) is 10.2. The van der Waals surface area contributed by atoms with Gasteiger partial charge in [0, 0.05) is 18.5 Å². The normalized spacial score (nSPS) is 17.9. The van der Waals surface area contributed by atoms with Gasteiger partial charge in [0.2, 0.25) is 0 Å². The molecule has 1 heterocycles. The van der Waals surface area contributed by atoms with Gasteiger partial charge in [0.15, 0.2) is 6.61 Å². The number of alkyl halides is 6. The molecule has 0 amide bonds. The first-order valence-corrected chi connectivity index (χ1v) is 11.9. The Bertz CT molecular complexity index is 1310. The minimum atomic E-state index is -4.82. The van der Waals surface area contributed by atoms with Gasteiger partial charge < -0.3 is 19.1 Å². The number of fused-ring (bicyclic) bond motifs is 1. The van der Waals surface area contributed by atoms with E-state index < -0.39 is 36.4 Å². The molecule has 0 radical (unpaired) electrons. The maximum Gasteiger partial charge on any atom is 0.573 e. The van der Waals surface area contributed by atoms with Crippen molar-refractivity contribution in [1.82, 2.24) is 9.55 Å². The fourth-order valence-electron chi connectivity index (χ4n) is 5.02. The number of halogens is 6. The van der Waals surface area contributed by atoms with Gasteiger partial charge in [0.25, 0.3) is 0 Å². The van der Waals surface area contributed by atoms with Crippen molar-refractivity contribution in [2.45, 2.75) is 64.5 Å². The summed E-state index contributed by atoms with van der Waals surface area (Å²) in [4.78, 5) is 16.4. The van der Waals surface area contributed by atoms with Gasteiger partial charge in [-0.25, -0.2) is 9.78 Å². The second-order valence-electron chi connectivity index (χ2n) is 10.2. The highest BCUT2D eigenvalue weighted by Crippen LogP contribution is 2.43. The van der Waals surface area contributed by atoms with Crippen molar-refractivity contribution in [2.24, 2.45) is 5.41 Å². The maximum absolute atomic E-state index is 12.8. The van der Waals surface area contributed by atoms with Crippen LogP contribution < -0.4 is 9.47 Å². The smallest absolute Gasteiger partial charge is 0.483 e. The molecular weight excluding hydrogens is 518 g/mol. The Balaban J connectivity index is 1.78. The van der Waals surface area contributed by atoms with Crippen LogP contribution in [0.4, 0.5) is 26.3 Å². The van der Waals surface area contributed by atoms with Crippen LogP contribution in [-0.4, -0.2) is 39.8 Å². The van der Waals surface area contributed by atoms with Crippen LogP contribution >= 0.6 is 0 Å². The number of nitrogens with zero attached hydrogens (tertiary/aromatic N) is 2. The van der Waals surface area contributed by atoms with E-state index in [0.717, 1.165) is 25.7 Å². The lowest BCUT2D eigenvalue weighted by Crippen LogP contribution is -2.26. The molecule has 38 heavy (non-hydrogen) atoms. The van der Waals surface area contributed by atoms with Gasteiger partial charge in [-0.1, -0.05) is 32.4 Å². The molecule has 1 atom stereocenters. The Morgan fingerprint density at radius 1 is 1.13 bits per heavy atom. The first-order chi connectivity index (χ1) is 17.6. The summed E-state index contributed by atoms with van der Waals surface area (Å²) in [7, 11) is 0. The van der Waals surface area contributed by atoms with Crippen LogP contribution in [0.25, 0.3) is 11.0 Å². The zero-order valence-corrected chi connectivity index (χ0v) is 20.6. The van der Waals surface area contributed by atoms with Crippen LogP contribution in [0.3, 0.4) is 0 Å². The molecule has 1 aromatic heterocycles. The largest absolute Gasteiger partial charge is 0.573 e. The highest BCUT2D eigenvalue weighted by atomic mass is 19.4. The third-order valence-corrected chi connectivity index (χ3v) is 6.55. The number of benzene rings is 2. The van der Waals surface area contributed by atoms with Gasteiger partial charge in [-0.05, 0) is 48.4 Å². The highest BCUT2D eigenvalue weighted by Gasteiger charge is 2.33. The summed E-state index contributed by atoms with van der Waals surface area (Å²) in [6, 6.07) is 7.71. The van der Waals surface area contributed by atoms with Crippen molar-refractivity contribution in [3.05, 3.63) is 53.3 Å². The molecule has 1 N–H and O–H groups in total. The molecule has 206 valence electrons. The van der Waals surface area contributed by atoms with Crippen molar-refractivity contribution in [3.8, 4) is 11.5 Å². The molecular formula is C26H26F6N2O4. The summed E-state index contributed by atoms with van der Waals surface area (Å²) in [5.41, 5.74) is 0.872. The first kappa shape index (κ1) is 27.6. The zero-order chi connectivity index (χ0) is 27.9. The molecule has 1 saturated carbocycles. The Kier molecular flexibility index (Phi) is 7.28. The number of aromatic carboxylic acids is 1. The standard InChI is InChI=1S/C26H26F6N2O4/c1-24(2)9-3-4-16(13-24)34-20-12-21(37-14-25(27,28)29)18(23(35)36)11-19(20)33-22(34)10-15-5-7-17(8-6-15)38-26(30,31)32/h5-8,11-12,16H,3-4,9-10,13-14H2,1-2H3,(H,35,36). The summed E-state index contributed by atoms with van der Waals surface area (Å²) >= 11 is 0. The highest BCUT2D eigenvalue weighted by molar-refractivity contribution is 5.96. The second kappa shape index (κ2) is 10.0. The lowest BCUT2D eigenvalue weighted by Gasteiger charge is -2.36.